The third kappa shape index (κ3) is 1.36. The van der Waals surface area contributed by atoms with Crippen molar-refractivity contribution in [2.45, 2.75) is 19.1 Å². The van der Waals surface area contributed by atoms with Gasteiger partial charge in [-0.15, -0.1) is 0 Å². The predicted molar refractivity (Wildman–Crippen MR) is 54.4 cm³/mol. The molecule has 1 amide bonds. The molecule has 5 nitrogen and oxygen atoms in total. The van der Waals surface area contributed by atoms with Gasteiger partial charge >= 0.3 is 6.09 Å². The molecule has 0 aromatic heterocycles. The third-order valence-corrected chi connectivity index (χ3v) is 2.76. The molecule has 5 heteroatoms. The van der Waals surface area contributed by atoms with Crippen molar-refractivity contribution < 1.29 is 19.0 Å². The van der Waals surface area contributed by atoms with Crippen LogP contribution in [0.3, 0.4) is 0 Å². The molecule has 2 heterocycles. The van der Waals surface area contributed by atoms with E-state index < -0.39 is 0 Å². The first-order valence-electron chi connectivity index (χ1n) is 5.11. The van der Waals surface area contributed by atoms with Gasteiger partial charge in [-0.25, -0.2) is 4.79 Å². The summed E-state index contributed by atoms with van der Waals surface area (Å²) < 4.78 is 15.7. The number of ether oxygens (including phenoxy) is 3. The number of hydrogen-bond donors (Lipinski definition) is 1. The number of fused-ring (bicyclic) bond motifs is 1. The Morgan fingerprint density at radius 2 is 2.12 bits per heavy atom. The standard InChI is InChI=1S/C11H11NO4/c1-6-10(16-11(13)12-6)7-2-3-8-9(4-7)15-5-14-8/h2-4,6,10H,5H2,1H3,(H,12,13)/t6-,10-/m0/s1. The van der Waals surface area contributed by atoms with Gasteiger partial charge in [0, 0.05) is 0 Å². The highest BCUT2D eigenvalue weighted by Gasteiger charge is 2.32. The van der Waals surface area contributed by atoms with Crippen molar-refractivity contribution in [1.29, 1.82) is 0 Å². The van der Waals surface area contributed by atoms with Crippen LogP contribution in [0.1, 0.15) is 18.6 Å². The van der Waals surface area contributed by atoms with E-state index in [1.165, 1.54) is 0 Å². The van der Waals surface area contributed by atoms with Crippen molar-refractivity contribution in [3.8, 4) is 11.5 Å². The summed E-state index contributed by atoms with van der Waals surface area (Å²) in [7, 11) is 0. The van der Waals surface area contributed by atoms with Gasteiger partial charge in [-0.1, -0.05) is 6.07 Å². The molecule has 84 valence electrons. The Morgan fingerprint density at radius 3 is 2.88 bits per heavy atom. The molecule has 2 atom stereocenters. The number of cyclic esters (lactones) is 1. The molecule has 0 saturated carbocycles. The van der Waals surface area contributed by atoms with Crippen molar-refractivity contribution >= 4 is 6.09 Å². The number of alkyl carbamates (subject to hydrolysis) is 1. The van der Waals surface area contributed by atoms with Crippen LogP contribution < -0.4 is 14.8 Å². The number of hydrogen-bond acceptors (Lipinski definition) is 4. The minimum atomic E-state index is -0.379. The van der Waals surface area contributed by atoms with E-state index in [0.29, 0.717) is 5.75 Å². The van der Waals surface area contributed by atoms with Crippen molar-refractivity contribution in [3.63, 3.8) is 0 Å². The molecule has 16 heavy (non-hydrogen) atoms. The zero-order valence-corrected chi connectivity index (χ0v) is 8.73. The molecule has 2 aliphatic rings. The van der Waals surface area contributed by atoms with Gasteiger partial charge in [0.1, 0.15) is 6.10 Å². The van der Waals surface area contributed by atoms with Gasteiger partial charge < -0.3 is 19.5 Å². The largest absolute Gasteiger partial charge is 0.454 e. The van der Waals surface area contributed by atoms with Gasteiger partial charge in [-0.3, -0.25) is 0 Å². The van der Waals surface area contributed by atoms with E-state index in [2.05, 4.69) is 5.32 Å². The quantitative estimate of drug-likeness (QED) is 0.782. The molecule has 0 unspecified atom stereocenters. The Kier molecular flexibility index (Phi) is 1.92. The lowest BCUT2D eigenvalue weighted by Gasteiger charge is -2.13. The lowest BCUT2D eigenvalue weighted by molar-refractivity contribution is 0.133. The Hall–Kier alpha value is -1.91. The molecular formula is C11H11NO4. The van der Waals surface area contributed by atoms with E-state index in [-0.39, 0.29) is 25.0 Å². The number of carbonyl (C=O) groups is 1. The fraction of sp³-hybridized carbons (Fsp3) is 0.364. The molecule has 1 fully saturated rings. The van der Waals surface area contributed by atoms with Crippen molar-refractivity contribution in [2.75, 3.05) is 6.79 Å². The highest BCUT2D eigenvalue weighted by molar-refractivity contribution is 5.70. The number of benzene rings is 1. The van der Waals surface area contributed by atoms with Crippen LogP contribution in [0.4, 0.5) is 4.79 Å². The molecular weight excluding hydrogens is 210 g/mol. The van der Waals surface area contributed by atoms with E-state index in [4.69, 9.17) is 14.2 Å². The number of amides is 1. The third-order valence-electron chi connectivity index (χ3n) is 2.76. The van der Waals surface area contributed by atoms with Gasteiger partial charge in [-0.2, -0.15) is 0 Å². The maximum atomic E-state index is 11.1. The summed E-state index contributed by atoms with van der Waals surface area (Å²) in [4.78, 5) is 11.1. The summed E-state index contributed by atoms with van der Waals surface area (Å²) in [5.41, 5.74) is 0.912. The van der Waals surface area contributed by atoms with Crippen molar-refractivity contribution in [2.24, 2.45) is 0 Å². The molecule has 3 rings (SSSR count). The molecule has 1 aromatic rings. The molecule has 0 aliphatic carbocycles. The highest BCUT2D eigenvalue weighted by atomic mass is 16.7. The zero-order chi connectivity index (χ0) is 11.1. The normalized spacial score (nSPS) is 26.4. The molecule has 2 aliphatic heterocycles. The summed E-state index contributed by atoms with van der Waals surface area (Å²) >= 11 is 0. The average molecular weight is 221 g/mol. The van der Waals surface area contributed by atoms with Gasteiger partial charge in [0.25, 0.3) is 0 Å². The molecule has 1 aromatic carbocycles. The second-order valence-electron chi connectivity index (χ2n) is 3.87. The van der Waals surface area contributed by atoms with E-state index in [9.17, 15) is 4.79 Å². The Balaban J connectivity index is 1.92. The van der Waals surface area contributed by atoms with E-state index in [1.807, 2.05) is 25.1 Å². The first kappa shape index (κ1) is 9.33. The monoisotopic (exact) mass is 221 g/mol. The molecule has 0 spiro atoms. The summed E-state index contributed by atoms with van der Waals surface area (Å²) in [6, 6.07) is 5.53. The first-order chi connectivity index (χ1) is 7.74. The average Bonchev–Trinajstić information content (AvgIpc) is 2.83. The van der Waals surface area contributed by atoms with Crippen LogP contribution in [0.15, 0.2) is 18.2 Å². The Morgan fingerprint density at radius 1 is 1.31 bits per heavy atom. The van der Waals surface area contributed by atoms with Crippen LogP contribution in [-0.2, 0) is 4.74 Å². The van der Waals surface area contributed by atoms with Crippen LogP contribution in [-0.4, -0.2) is 18.9 Å². The van der Waals surface area contributed by atoms with Crippen molar-refractivity contribution in [1.82, 2.24) is 5.32 Å². The van der Waals surface area contributed by atoms with Crippen LogP contribution in [0.2, 0.25) is 0 Å². The first-order valence-corrected chi connectivity index (χ1v) is 5.11. The van der Waals surface area contributed by atoms with Crippen LogP contribution >= 0.6 is 0 Å². The number of carbonyl (C=O) groups excluding carboxylic acids is 1. The highest BCUT2D eigenvalue weighted by Crippen LogP contribution is 2.36. The van der Waals surface area contributed by atoms with Crippen LogP contribution in [0, 0.1) is 0 Å². The summed E-state index contributed by atoms with van der Waals surface area (Å²) in [5, 5.41) is 2.70. The maximum Gasteiger partial charge on any atom is 0.408 e. The summed E-state index contributed by atoms with van der Waals surface area (Å²) in [6.07, 6.45) is -0.642. The fourth-order valence-electron chi connectivity index (χ4n) is 1.96. The lowest BCUT2D eigenvalue weighted by Crippen LogP contribution is -2.23. The summed E-state index contributed by atoms with van der Waals surface area (Å²) in [6.45, 7) is 2.15. The fourth-order valence-corrected chi connectivity index (χ4v) is 1.96. The predicted octanol–water partition coefficient (Wildman–Crippen LogP) is 1.58. The van der Waals surface area contributed by atoms with E-state index in [0.717, 1.165) is 11.3 Å². The number of rotatable bonds is 1. The number of nitrogens with one attached hydrogen (secondary N) is 1. The second-order valence-corrected chi connectivity index (χ2v) is 3.87. The Labute approximate surface area is 92.3 Å². The minimum absolute atomic E-state index is 0.0344. The van der Waals surface area contributed by atoms with Gasteiger partial charge in [0.05, 0.1) is 6.04 Å². The van der Waals surface area contributed by atoms with Crippen LogP contribution in [0.5, 0.6) is 11.5 Å². The topological polar surface area (TPSA) is 56.8 Å². The SMILES string of the molecule is C[C@@H]1NC(=O)O[C@@H]1c1ccc2c(c1)OCO2. The van der Waals surface area contributed by atoms with E-state index in [1.54, 1.807) is 0 Å². The smallest absolute Gasteiger partial charge is 0.408 e. The van der Waals surface area contributed by atoms with Gasteiger partial charge in [0.15, 0.2) is 11.5 Å². The molecule has 0 bridgehead atoms. The van der Waals surface area contributed by atoms with Crippen LogP contribution in [0.25, 0.3) is 0 Å². The second kappa shape index (κ2) is 3.30. The van der Waals surface area contributed by atoms with Crippen molar-refractivity contribution in [3.05, 3.63) is 23.8 Å². The maximum absolute atomic E-state index is 11.1. The Bertz CT molecular complexity index is 446. The zero-order valence-electron chi connectivity index (χ0n) is 8.73. The summed E-state index contributed by atoms with van der Waals surface area (Å²) in [5.74, 6) is 1.43. The molecule has 1 saturated heterocycles. The molecule has 0 radical (unpaired) electrons. The lowest BCUT2D eigenvalue weighted by atomic mass is 10.0. The minimum Gasteiger partial charge on any atom is -0.454 e. The van der Waals surface area contributed by atoms with Gasteiger partial charge in [0.2, 0.25) is 6.79 Å². The molecule has 1 N–H and O–H groups in total. The van der Waals surface area contributed by atoms with Gasteiger partial charge in [-0.05, 0) is 24.6 Å². The van der Waals surface area contributed by atoms with E-state index >= 15 is 0 Å².